The molecule has 2 rings (SSSR count). The Morgan fingerprint density at radius 3 is 0.765 bits per heavy atom. The summed E-state index contributed by atoms with van der Waals surface area (Å²) < 4.78 is 0. The van der Waals surface area contributed by atoms with Gasteiger partial charge in [-0.3, -0.25) is 14.4 Å². The summed E-state index contributed by atoms with van der Waals surface area (Å²) in [5.74, 6) is -0.137. The van der Waals surface area contributed by atoms with Gasteiger partial charge in [0.25, 0.3) is 0 Å². The van der Waals surface area contributed by atoms with Gasteiger partial charge in [-0.2, -0.15) is 0 Å². The Morgan fingerprint density at radius 1 is 0.471 bits per heavy atom. The maximum atomic E-state index is 10.2. The lowest BCUT2D eigenvalue weighted by molar-refractivity contribution is -0.121. The number of hydrogen-bond acceptors (Lipinski definition) is 5. The van der Waals surface area contributed by atoms with Crippen molar-refractivity contribution in [3.05, 3.63) is 72.8 Å². The minimum Gasteiger partial charge on any atom is -0.344 e. The summed E-state index contributed by atoms with van der Waals surface area (Å²) in [7, 11) is 1.77. The van der Waals surface area contributed by atoms with E-state index in [-0.39, 0.29) is 30.2 Å². The number of rotatable bonds is 4. The number of carbonyl (C=O) groups is 4. The molecule has 192 valence electrons. The van der Waals surface area contributed by atoms with Crippen LogP contribution in [0.4, 0.5) is 0 Å². The molecule has 0 heterocycles. The van der Waals surface area contributed by atoms with Crippen LogP contribution >= 0.6 is 0 Å². The first-order valence-corrected chi connectivity index (χ1v) is 11.0. The van der Waals surface area contributed by atoms with Crippen LogP contribution in [-0.2, 0) is 19.2 Å². The Balaban J connectivity index is -0.000000165. The van der Waals surface area contributed by atoms with E-state index in [1.807, 2.05) is 86.6 Å². The number of nitrogens with one attached hydrogen (secondary N) is 4. The lowest BCUT2D eigenvalue weighted by atomic mass is 10.4. The first-order chi connectivity index (χ1) is 16.1. The van der Waals surface area contributed by atoms with Gasteiger partial charge in [-0.1, -0.05) is 86.6 Å². The number of Topliss-reactive ketones (excluding diaryl/α,β-unsaturated/α-hetero) is 1. The predicted octanol–water partition coefficient (Wildman–Crippen LogP) is 3.51. The largest absolute Gasteiger partial charge is 0.344 e. The molecule has 2 aromatic rings. The monoisotopic (exact) mass is 476 g/mol. The Morgan fingerprint density at radius 2 is 0.647 bits per heavy atom. The molecule has 0 spiro atoms. The minimum atomic E-state index is -0.149. The Labute approximate surface area is 205 Å². The first-order valence-electron chi connectivity index (χ1n) is 11.0. The first kappa shape index (κ1) is 37.8. The molecule has 0 aromatic heterocycles. The van der Waals surface area contributed by atoms with E-state index in [0.29, 0.717) is 6.67 Å². The van der Waals surface area contributed by atoms with Crippen LogP contribution in [0.15, 0.2) is 72.8 Å². The molecular formula is C26H44N4O4. The summed E-state index contributed by atoms with van der Waals surface area (Å²) in [6, 6.07) is 24.0. The van der Waals surface area contributed by atoms with Crippen molar-refractivity contribution in [3.8, 4) is 0 Å². The highest BCUT2D eigenvalue weighted by atomic mass is 16.2. The molecule has 0 aliphatic carbocycles. The van der Waals surface area contributed by atoms with Gasteiger partial charge >= 0.3 is 0 Å². The lowest BCUT2D eigenvalue weighted by Gasteiger charge is -2.00. The molecule has 0 fully saturated rings. The lowest BCUT2D eigenvalue weighted by Crippen LogP contribution is -2.34. The van der Waals surface area contributed by atoms with Gasteiger partial charge < -0.3 is 26.1 Å². The average molecular weight is 477 g/mol. The fourth-order valence-electron chi connectivity index (χ4n) is 1.28. The topological polar surface area (TPSA) is 116 Å². The fraction of sp³-hybridized carbons (Fsp3) is 0.385. The average Bonchev–Trinajstić information content (AvgIpc) is 2.82. The van der Waals surface area contributed by atoms with Crippen LogP contribution in [0.1, 0.15) is 48.5 Å². The molecule has 0 aliphatic heterocycles. The van der Waals surface area contributed by atoms with Gasteiger partial charge in [0.15, 0.2) is 0 Å². The van der Waals surface area contributed by atoms with E-state index >= 15 is 0 Å². The number of ketones is 1. The van der Waals surface area contributed by atoms with Gasteiger partial charge in [-0.25, -0.2) is 0 Å². The maximum absolute atomic E-state index is 10.2. The number of amides is 3. The van der Waals surface area contributed by atoms with Crippen molar-refractivity contribution < 1.29 is 19.2 Å². The van der Waals surface area contributed by atoms with Gasteiger partial charge in [0.2, 0.25) is 17.7 Å². The number of benzene rings is 2. The molecule has 0 unspecified atom stereocenters. The maximum Gasteiger partial charge on any atom is 0.218 e. The summed E-state index contributed by atoms with van der Waals surface area (Å²) in [5, 5.41) is 10.1. The SMILES string of the molecule is CC.CC(=O)NCNC(C)=O.CC(C)=O.CNCNC(C)=O.c1ccccc1.c1ccccc1. The van der Waals surface area contributed by atoms with Crippen LogP contribution in [0.3, 0.4) is 0 Å². The molecule has 0 bridgehead atoms. The molecule has 0 saturated heterocycles. The summed E-state index contributed by atoms with van der Waals surface area (Å²) in [4.78, 5) is 39.8. The molecule has 0 atom stereocenters. The van der Waals surface area contributed by atoms with Gasteiger partial charge in [-0.05, 0) is 20.9 Å². The van der Waals surface area contributed by atoms with Crippen LogP contribution in [0.5, 0.6) is 0 Å². The highest BCUT2D eigenvalue weighted by Gasteiger charge is 1.89. The molecule has 8 heteroatoms. The van der Waals surface area contributed by atoms with Gasteiger partial charge in [0.1, 0.15) is 5.78 Å². The van der Waals surface area contributed by atoms with Crippen molar-refractivity contribution >= 4 is 23.5 Å². The summed E-state index contributed by atoms with van der Waals surface area (Å²) >= 11 is 0. The van der Waals surface area contributed by atoms with Crippen molar-refractivity contribution in [1.29, 1.82) is 0 Å². The van der Waals surface area contributed by atoms with Crippen molar-refractivity contribution in [3.63, 3.8) is 0 Å². The molecule has 2 aromatic carbocycles. The third-order valence-electron chi connectivity index (χ3n) is 2.52. The van der Waals surface area contributed by atoms with Gasteiger partial charge in [0.05, 0.1) is 13.3 Å². The van der Waals surface area contributed by atoms with Gasteiger partial charge in [0, 0.05) is 20.8 Å². The molecular weight excluding hydrogens is 432 g/mol. The highest BCUT2D eigenvalue weighted by Crippen LogP contribution is 1.80. The van der Waals surface area contributed by atoms with Crippen LogP contribution in [0, 0.1) is 0 Å². The molecule has 34 heavy (non-hydrogen) atoms. The standard InChI is InChI=1S/2C6H6.C5H10N2O2.C4H10N2O.C3H6O.C2H6/c2*1-2-4-6-5-3-1;1-4(8)6-3-7-5(2)9;1-4(7)6-3-5-2;1-3(2)4;1-2/h2*1-6H;3H2,1-2H3,(H,6,8)(H,7,9);5H,3H2,1-2H3,(H,6,7);1-2H3;1-2H3. The van der Waals surface area contributed by atoms with Crippen molar-refractivity contribution in [2.75, 3.05) is 20.4 Å². The van der Waals surface area contributed by atoms with E-state index in [2.05, 4.69) is 21.3 Å². The third-order valence-corrected chi connectivity index (χ3v) is 2.52. The summed E-state index contributed by atoms with van der Waals surface area (Å²) in [5.41, 5.74) is 0. The van der Waals surface area contributed by atoms with Crippen molar-refractivity contribution in [2.45, 2.75) is 48.5 Å². The van der Waals surface area contributed by atoms with E-state index in [1.54, 1.807) is 7.05 Å². The quantitative estimate of drug-likeness (QED) is 0.504. The second-order valence-electron chi connectivity index (χ2n) is 6.12. The Hall–Kier alpha value is -3.52. The van der Waals surface area contributed by atoms with E-state index in [0.717, 1.165) is 0 Å². The van der Waals surface area contributed by atoms with Crippen molar-refractivity contribution in [1.82, 2.24) is 21.3 Å². The van der Waals surface area contributed by atoms with E-state index in [9.17, 15) is 19.2 Å². The molecule has 0 aliphatic rings. The zero-order chi connectivity index (χ0) is 27.0. The second-order valence-corrected chi connectivity index (χ2v) is 6.12. The van der Waals surface area contributed by atoms with Crippen molar-refractivity contribution in [2.24, 2.45) is 0 Å². The third kappa shape index (κ3) is 63.0. The Bertz CT molecular complexity index is 594. The summed E-state index contributed by atoms with van der Waals surface area (Å²) in [6.45, 7) is 12.1. The van der Waals surface area contributed by atoms with Crippen LogP contribution < -0.4 is 21.3 Å². The molecule has 0 saturated carbocycles. The number of carbonyl (C=O) groups excluding carboxylic acids is 4. The molecule has 4 N–H and O–H groups in total. The highest BCUT2D eigenvalue weighted by molar-refractivity contribution is 5.75. The zero-order valence-electron chi connectivity index (χ0n) is 22.0. The zero-order valence-corrected chi connectivity index (χ0v) is 22.0. The fourth-order valence-corrected chi connectivity index (χ4v) is 1.28. The molecule has 0 radical (unpaired) electrons. The minimum absolute atomic E-state index is 0.00523. The number of hydrogen-bond donors (Lipinski definition) is 4. The normalized spacial score (nSPS) is 7.65. The Kier molecular flexibility index (Phi) is 37.9. The predicted molar refractivity (Wildman–Crippen MR) is 141 cm³/mol. The second kappa shape index (κ2) is 34.1. The van der Waals surface area contributed by atoms with Crippen LogP contribution in [0.25, 0.3) is 0 Å². The summed E-state index contributed by atoms with van der Waals surface area (Å²) in [6.07, 6.45) is 0. The van der Waals surface area contributed by atoms with Crippen LogP contribution in [-0.4, -0.2) is 43.9 Å². The molecule has 8 nitrogen and oxygen atoms in total. The van der Waals surface area contributed by atoms with Gasteiger partial charge in [-0.15, -0.1) is 0 Å². The van der Waals surface area contributed by atoms with E-state index < -0.39 is 0 Å². The van der Waals surface area contributed by atoms with Crippen LogP contribution in [0.2, 0.25) is 0 Å². The smallest absolute Gasteiger partial charge is 0.218 e. The van der Waals surface area contributed by atoms with E-state index in [1.165, 1.54) is 34.6 Å². The van der Waals surface area contributed by atoms with E-state index in [4.69, 9.17) is 0 Å². The molecule has 3 amide bonds.